The molecule has 48 heavy (non-hydrogen) atoms. The molecule has 0 saturated carbocycles. The number of sulfonamides is 1. The Morgan fingerprint density at radius 3 is 2.54 bits per heavy atom. The first-order valence-electron chi connectivity index (χ1n) is 16.2. The first kappa shape index (κ1) is 36.7. The number of hydrogen-bond acceptors (Lipinski definition) is 9. The number of rotatable bonds is 8. The van der Waals surface area contributed by atoms with E-state index in [2.05, 4.69) is 15.2 Å². The number of ether oxygens (including phenoxy) is 2. The van der Waals surface area contributed by atoms with E-state index in [-0.39, 0.29) is 53.9 Å². The molecule has 0 fully saturated rings. The van der Waals surface area contributed by atoms with Crippen LogP contribution in [0, 0.1) is 19.8 Å². The Morgan fingerprint density at radius 2 is 1.88 bits per heavy atom. The predicted molar refractivity (Wildman–Crippen MR) is 182 cm³/mol. The lowest BCUT2D eigenvalue weighted by Gasteiger charge is -2.35. The van der Waals surface area contributed by atoms with Crippen LogP contribution in [-0.4, -0.2) is 92.0 Å². The summed E-state index contributed by atoms with van der Waals surface area (Å²) >= 11 is 0. The van der Waals surface area contributed by atoms with Crippen molar-refractivity contribution >= 4 is 33.3 Å². The van der Waals surface area contributed by atoms with Gasteiger partial charge in [-0.25, -0.2) is 13.2 Å². The second-order valence-electron chi connectivity index (χ2n) is 12.4. The Balaban J connectivity index is 1.63. The molecular weight excluding hydrogens is 638 g/mol. The number of aliphatic hydroxyl groups excluding tert-OH is 1. The highest BCUT2D eigenvalue weighted by molar-refractivity contribution is 7.92. The summed E-state index contributed by atoms with van der Waals surface area (Å²) < 4.78 is 46.6. The van der Waals surface area contributed by atoms with Gasteiger partial charge in [0.1, 0.15) is 17.1 Å². The molecule has 2 aromatic carbocycles. The zero-order chi connectivity index (χ0) is 35.0. The number of urea groups is 1. The Morgan fingerprint density at radius 1 is 1.15 bits per heavy atom. The third-order valence-corrected chi connectivity index (χ3v) is 9.82. The number of carbonyl (C=O) groups is 2. The number of nitrogens with one attached hydrogen (secondary N) is 2. The molecule has 0 unspecified atom stereocenters. The van der Waals surface area contributed by atoms with E-state index in [1.54, 1.807) is 63.1 Å². The average Bonchev–Trinajstić information content (AvgIpc) is 3.38. The van der Waals surface area contributed by atoms with Crippen LogP contribution in [0.3, 0.4) is 0 Å². The van der Waals surface area contributed by atoms with Crippen molar-refractivity contribution < 1.29 is 37.1 Å². The Labute approximate surface area is 282 Å². The normalized spacial score (nSPS) is 20.2. The maximum Gasteiger partial charge on any atom is 0.321 e. The number of aryl methyl sites for hydroxylation is 2. The zero-order valence-electron chi connectivity index (χ0n) is 28.4. The summed E-state index contributed by atoms with van der Waals surface area (Å²) in [5.41, 5.74) is 1.44. The molecule has 0 saturated heterocycles. The van der Waals surface area contributed by atoms with Crippen LogP contribution in [-0.2, 0) is 14.8 Å². The second kappa shape index (κ2) is 16.3. The lowest BCUT2D eigenvalue weighted by Crippen LogP contribution is -2.48. The quantitative estimate of drug-likeness (QED) is 0.294. The molecule has 13 nitrogen and oxygen atoms in total. The lowest BCUT2D eigenvalue weighted by molar-refractivity contribution is -0.0115. The molecule has 3 aromatic rings. The predicted octanol–water partition coefficient (Wildman–Crippen LogP) is 5.05. The van der Waals surface area contributed by atoms with E-state index in [4.69, 9.17) is 14.0 Å². The minimum atomic E-state index is -3.93. The van der Waals surface area contributed by atoms with Crippen LogP contribution in [0.4, 0.5) is 16.2 Å². The van der Waals surface area contributed by atoms with Crippen molar-refractivity contribution in [2.75, 3.05) is 43.4 Å². The fourth-order valence-corrected chi connectivity index (χ4v) is 6.55. The van der Waals surface area contributed by atoms with Gasteiger partial charge in [0.15, 0.2) is 5.76 Å². The van der Waals surface area contributed by atoms with Gasteiger partial charge in [0, 0.05) is 38.3 Å². The molecule has 0 radical (unpaired) electrons. The van der Waals surface area contributed by atoms with Gasteiger partial charge in [-0.3, -0.25) is 9.52 Å². The molecular formula is C34H47N5O8S. The number of amides is 3. The highest BCUT2D eigenvalue weighted by Crippen LogP contribution is 2.30. The number of hydrogen-bond donors (Lipinski definition) is 3. The van der Waals surface area contributed by atoms with Crippen molar-refractivity contribution in [2.45, 2.75) is 77.0 Å². The SMILES string of the molecule is Cc1noc(C)c1NC(=O)N(C)C[C@@H]1OCCCC[C@H](C)Oc2ccc(NS(=O)(=O)c3ccccc3)cc2C(=O)N([C@@H](C)CO)C[C@@H]1C. The van der Waals surface area contributed by atoms with Crippen molar-refractivity contribution in [3.8, 4) is 5.75 Å². The second-order valence-corrected chi connectivity index (χ2v) is 14.1. The van der Waals surface area contributed by atoms with E-state index in [0.717, 1.165) is 12.8 Å². The van der Waals surface area contributed by atoms with Gasteiger partial charge < -0.3 is 34.2 Å². The van der Waals surface area contributed by atoms with Crippen LogP contribution in [0.5, 0.6) is 5.75 Å². The third kappa shape index (κ3) is 9.26. The van der Waals surface area contributed by atoms with Gasteiger partial charge in [-0.2, -0.15) is 0 Å². The van der Waals surface area contributed by atoms with Crippen molar-refractivity contribution in [3.63, 3.8) is 0 Å². The smallest absolute Gasteiger partial charge is 0.321 e. The number of nitrogens with zero attached hydrogens (tertiary/aromatic N) is 3. The van der Waals surface area contributed by atoms with Crippen LogP contribution >= 0.6 is 0 Å². The summed E-state index contributed by atoms with van der Waals surface area (Å²) in [4.78, 5) is 30.7. The molecule has 1 aliphatic heterocycles. The van der Waals surface area contributed by atoms with Crippen molar-refractivity contribution in [3.05, 3.63) is 65.5 Å². The molecule has 0 bridgehead atoms. The molecule has 1 aromatic heterocycles. The molecule has 0 spiro atoms. The van der Waals surface area contributed by atoms with Crippen molar-refractivity contribution in [1.29, 1.82) is 0 Å². The molecule has 0 aliphatic carbocycles. The molecule has 3 N–H and O–H groups in total. The Kier molecular flexibility index (Phi) is 12.5. The molecule has 2 heterocycles. The van der Waals surface area contributed by atoms with E-state index >= 15 is 0 Å². The third-order valence-electron chi connectivity index (χ3n) is 8.42. The van der Waals surface area contributed by atoms with Gasteiger partial charge in [-0.15, -0.1) is 0 Å². The van der Waals surface area contributed by atoms with Crippen LogP contribution in [0.2, 0.25) is 0 Å². The number of fused-ring (bicyclic) bond motifs is 1. The summed E-state index contributed by atoms with van der Waals surface area (Å²) in [7, 11) is -2.26. The summed E-state index contributed by atoms with van der Waals surface area (Å²) in [6.07, 6.45) is 1.55. The highest BCUT2D eigenvalue weighted by atomic mass is 32.2. The zero-order valence-corrected chi connectivity index (χ0v) is 29.2. The number of benzene rings is 2. The molecule has 1 aliphatic rings. The van der Waals surface area contributed by atoms with Gasteiger partial charge in [0.05, 0.1) is 35.3 Å². The largest absolute Gasteiger partial charge is 0.490 e. The standard InChI is InChI=1S/C34H47N5O8S/c1-22-19-39(23(2)21-40)33(41)29-18-27(37-48(43,44)28-13-8-7-9-14-28)15-16-30(29)46-24(3)12-10-11-17-45-31(22)20-38(6)34(42)35-32-25(4)36-47-26(32)5/h7-9,13-16,18,22-24,31,37,40H,10-12,17,19-21H2,1-6H3,(H,35,42)/t22-,23-,24-,31-/m0/s1. The van der Waals surface area contributed by atoms with Gasteiger partial charge in [-0.1, -0.05) is 30.3 Å². The first-order chi connectivity index (χ1) is 22.8. The minimum absolute atomic E-state index is 0.0852. The van der Waals surface area contributed by atoms with E-state index < -0.39 is 28.1 Å². The summed E-state index contributed by atoms with van der Waals surface area (Å²) in [6, 6.07) is 11.6. The average molecular weight is 686 g/mol. The molecule has 4 rings (SSSR count). The maximum absolute atomic E-state index is 14.4. The molecule has 14 heteroatoms. The maximum atomic E-state index is 14.4. The molecule has 4 atom stereocenters. The summed E-state index contributed by atoms with van der Waals surface area (Å²) in [6.45, 7) is 9.60. The lowest BCUT2D eigenvalue weighted by atomic mass is 10.0. The summed E-state index contributed by atoms with van der Waals surface area (Å²) in [5.74, 6) is 0.104. The number of aliphatic hydroxyl groups is 1. The minimum Gasteiger partial charge on any atom is -0.490 e. The van der Waals surface area contributed by atoms with Crippen LogP contribution < -0.4 is 14.8 Å². The van der Waals surface area contributed by atoms with Crippen LogP contribution in [0.25, 0.3) is 0 Å². The van der Waals surface area contributed by atoms with Gasteiger partial charge >= 0.3 is 6.03 Å². The van der Waals surface area contributed by atoms with E-state index in [0.29, 0.717) is 35.9 Å². The van der Waals surface area contributed by atoms with Crippen LogP contribution in [0.1, 0.15) is 61.8 Å². The first-order valence-corrected chi connectivity index (χ1v) is 17.7. The van der Waals surface area contributed by atoms with Crippen LogP contribution in [0.15, 0.2) is 57.9 Å². The Hall–Kier alpha value is -4.14. The van der Waals surface area contributed by atoms with Crippen molar-refractivity contribution in [2.24, 2.45) is 5.92 Å². The number of anilines is 2. The van der Waals surface area contributed by atoms with E-state index in [9.17, 15) is 23.1 Å². The highest BCUT2D eigenvalue weighted by Gasteiger charge is 2.31. The molecule has 3 amide bonds. The fraction of sp³-hybridized carbons (Fsp3) is 0.500. The van der Waals surface area contributed by atoms with E-state index in [1.165, 1.54) is 23.1 Å². The van der Waals surface area contributed by atoms with Gasteiger partial charge in [0.25, 0.3) is 15.9 Å². The topological polar surface area (TPSA) is 164 Å². The monoisotopic (exact) mass is 685 g/mol. The van der Waals surface area contributed by atoms with Gasteiger partial charge in [0.2, 0.25) is 0 Å². The summed E-state index contributed by atoms with van der Waals surface area (Å²) in [5, 5.41) is 17.0. The fourth-order valence-electron chi connectivity index (χ4n) is 5.48. The number of likely N-dealkylation sites (N-methyl/N-ethyl adjacent to an activating group) is 1. The number of aromatic nitrogens is 1. The van der Waals surface area contributed by atoms with E-state index in [1.807, 2.05) is 13.8 Å². The van der Waals surface area contributed by atoms with Gasteiger partial charge in [-0.05, 0) is 77.3 Å². The number of carbonyl (C=O) groups excluding carboxylic acids is 2. The Bertz CT molecular complexity index is 1630. The molecule has 262 valence electrons. The van der Waals surface area contributed by atoms with Crippen molar-refractivity contribution in [1.82, 2.24) is 15.0 Å².